The largest absolute Gasteiger partial charge is 0.379 e. The highest BCUT2D eigenvalue weighted by Crippen LogP contribution is 2.50. The first-order valence-electron chi connectivity index (χ1n) is 8.90. The highest BCUT2D eigenvalue weighted by molar-refractivity contribution is 5.95. The lowest BCUT2D eigenvalue weighted by molar-refractivity contribution is 0.0402. The molecule has 3 aliphatic rings. The number of hydrogen-bond acceptors (Lipinski definition) is 3. The van der Waals surface area contributed by atoms with Gasteiger partial charge in [0.05, 0.1) is 18.8 Å². The summed E-state index contributed by atoms with van der Waals surface area (Å²) in [5.41, 5.74) is 2.16. The van der Waals surface area contributed by atoms with E-state index < -0.39 is 0 Å². The second-order valence-electron chi connectivity index (χ2n) is 7.45. The normalized spacial score (nSPS) is 30.1. The number of nitrogens with zero attached hydrogens (tertiary/aromatic N) is 2. The van der Waals surface area contributed by atoms with Gasteiger partial charge in [0.15, 0.2) is 0 Å². The van der Waals surface area contributed by atoms with Crippen LogP contribution >= 0.6 is 0 Å². The van der Waals surface area contributed by atoms with Gasteiger partial charge in [-0.1, -0.05) is 6.92 Å². The van der Waals surface area contributed by atoms with Crippen molar-refractivity contribution in [3.63, 3.8) is 0 Å². The highest BCUT2D eigenvalue weighted by Gasteiger charge is 2.55. The van der Waals surface area contributed by atoms with Gasteiger partial charge in [0.25, 0.3) is 5.91 Å². The molecule has 3 saturated heterocycles. The molecule has 0 unspecified atom stereocenters. The summed E-state index contributed by atoms with van der Waals surface area (Å²) in [6.45, 7) is 10.1. The van der Waals surface area contributed by atoms with Crippen molar-refractivity contribution >= 4 is 5.91 Å². The van der Waals surface area contributed by atoms with Crippen molar-refractivity contribution in [3.05, 3.63) is 23.5 Å². The topological polar surface area (TPSA) is 48.6 Å². The smallest absolute Gasteiger partial charge is 0.255 e. The van der Waals surface area contributed by atoms with Gasteiger partial charge >= 0.3 is 0 Å². The Kier molecular flexibility index (Phi) is 3.73. The molecule has 0 radical (unpaired) electrons. The van der Waals surface area contributed by atoms with E-state index in [1.807, 2.05) is 24.1 Å². The van der Waals surface area contributed by atoms with E-state index in [0.717, 1.165) is 56.9 Å². The number of amides is 1. The molecule has 5 nitrogen and oxygen atoms in total. The fourth-order valence-electron chi connectivity index (χ4n) is 5.01. The van der Waals surface area contributed by atoms with E-state index in [2.05, 4.69) is 16.8 Å². The van der Waals surface area contributed by atoms with Gasteiger partial charge < -0.3 is 14.6 Å². The lowest BCUT2D eigenvalue weighted by Crippen LogP contribution is -2.47. The van der Waals surface area contributed by atoms with Crippen molar-refractivity contribution in [3.8, 4) is 0 Å². The summed E-state index contributed by atoms with van der Waals surface area (Å²) in [4.78, 5) is 20.5. The van der Waals surface area contributed by atoms with Crippen LogP contribution in [0.4, 0.5) is 0 Å². The molecule has 1 aromatic rings. The number of fused-ring (bicyclic) bond motifs is 2. The highest BCUT2D eigenvalue weighted by atomic mass is 16.5. The third-order valence-electron chi connectivity index (χ3n) is 6.46. The number of piperidine rings is 1. The standard InChI is InChI=1S/C18H27N3O2/c1-3-20-12-18(15-10-23-11-16(15)20)5-8-21(9-6-18)17(22)14-4-7-19-13(14)2/h4,7,15-16,19H,3,5-6,8-12H2,1-2H3/t15-,16+/m0/s1. The van der Waals surface area contributed by atoms with Crippen LogP contribution in [-0.2, 0) is 4.74 Å². The Bertz CT molecular complexity index is 589. The van der Waals surface area contributed by atoms with Crippen LogP contribution < -0.4 is 0 Å². The van der Waals surface area contributed by atoms with Gasteiger partial charge in [-0.2, -0.15) is 0 Å². The van der Waals surface area contributed by atoms with Gasteiger partial charge in [0.1, 0.15) is 0 Å². The number of carbonyl (C=O) groups is 1. The summed E-state index contributed by atoms with van der Waals surface area (Å²) >= 11 is 0. The Balaban J connectivity index is 1.47. The van der Waals surface area contributed by atoms with E-state index in [1.165, 1.54) is 6.54 Å². The molecule has 1 spiro atoms. The van der Waals surface area contributed by atoms with Crippen LogP contribution in [0.5, 0.6) is 0 Å². The first-order valence-corrected chi connectivity index (χ1v) is 8.90. The number of rotatable bonds is 2. The molecule has 0 bridgehead atoms. The zero-order chi connectivity index (χ0) is 16.0. The second kappa shape index (κ2) is 5.64. The molecule has 2 atom stereocenters. The van der Waals surface area contributed by atoms with Gasteiger partial charge in [-0.25, -0.2) is 0 Å². The third kappa shape index (κ3) is 2.32. The first-order chi connectivity index (χ1) is 11.1. The number of aromatic amines is 1. The number of likely N-dealkylation sites (tertiary alicyclic amines) is 2. The zero-order valence-electron chi connectivity index (χ0n) is 14.2. The number of nitrogens with one attached hydrogen (secondary N) is 1. The summed E-state index contributed by atoms with van der Waals surface area (Å²) in [6, 6.07) is 2.51. The third-order valence-corrected chi connectivity index (χ3v) is 6.46. The Morgan fingerprint density at radius 1 is 1.39 bits per heavy atom. The van der Waals surface area contributed by atoms with Crippen molar-refractivity contribution < 1.29 is 9.53 Å². The molecule has 0 saturated carbocycles. The molecule has 0 aromatic carbocycles. The van der Waals surface area contributed by atoms with E-state index in [4.69, 9.17) is 4.74 Å². The average molecular weight is 317 g/mol. The van der Waals surface area contributed by atoms with Crippen molar-refractivity contribution in [1.82, 2.24) is 14.8 Å². The maximum absolute atomic E-state index is 12.7. The van der Waals surface area contributed by atoms with Gasteiger partial charge in [-0.3, -0.25) is 9.69 Å². The van der Waals surface area contributed by atoms with Crippen molar-refractivity contribution in [2.45, 2.75) is 32.7 Å². The molecule has 23 heavy (non-hydrogen) atoms. The van der Waals surface area contributed by atoms with Gasteiger partial charge in [0, 0.05) is 43.5 Å². The maximum Gasteiger partial charge on any atom is 0.255 e. The number of aryl methyl sites for hydroxylation is 1. The molecule has 0 aliphatic carbocycles. The van der Waals surface area contributed by atoms with Crippen molar-refractivity contribution in [1.29, 1.82) is 0 Å². The van der Waals surface area contributed by atoms with E-state index in [1.54, 1.807) is 0 Å². The van der Waals surface area contributed by atoms with E-state index >= 15 is 0 Å². The van der Waals surface area contributed by atoms with Crippen LogP contribution in [0.3, 0.4) is 0 Å². The Labute approximate surface area is 138 Å². The molecule has 4 heterocycles. The molecule has 3 fully saturated rings. The molecule has 1 N–H and O–H groups in total. The first kappa shape index (κ1) is 15.2. The summed E-state index contributed by atoms with van der Waals surface area (Å²) in [7, 11) is 0. The van der Waals surface area contributed by atoms with E-state index in [9.17, 15) is 4.79 Å². The molecule has 4 rings (SSSR count). The predicted octanol–water partition coefficient (Wildman–Crippen LogP) is 1.90. The molecular weight excluding hydrogens is 290 g/mol. The molecular formula is C18H27N3O2. The SMILES string of the molecule is CCN1CC2(CCN(C(=O)c3cc[nH]c3C)CC2)[C@H]2COC[C@H]21. The van der Waals surface area contributed by atoms with E-state index in [-0.39, 0.29) is 5.91 Å². The summed E-state index contributed by atoms with van der Waals surface area (Å²) in [6.07, 6.45) is 4.08. The molecule has 3 aliphatic heterocycles. The Morgan fingerprint density at radius 3 is 2.83 bits per heavy atom. The zero-order valence-corrected chi connectivity index (χ0v) is 14.2. The monoisotopic (exact) mass is 317 g/mol. The minimum atomic E-state index is 0.183. The van der Waals surface area contributed by atoms with Crippen LogP contribution in [0.25, 0.3) is 0 Å². The van der Waals surface area contributed by atoms with Crippen LogP contribution in [0.1, 0.15) is 35.8 Å². The number of hydrogen-bond donors (Lipinski definition) is 1. The van der Waals surface area contributed by atoms with E-state index in [0.29, 0.717) is 17.4 Å². The van der Waals surface area contributed by atoms with Gasteiger partial charge in [0.2, 0.25) is 0 Å². The maximum atomic E-state index is 12.7. The minimum Gasteiger partial charge on any atom is -0.379 e. The fraction of sp³-hybridized carbons (Fsp3) is 0.722. The fourth-order valence-corrected chi connectivity index (χ4v) is 5.01. The summed E-state index contributed by atoms with van der Waals surface area (Å²) < 4.78 is 5.79. The van der Waals surface area contributed by atoms with Crippen LogP contribution in [0, 0.1) is 18.3 Å². The lowest BCUT2D eigenvalue weighted by Gasteiger charge is -2.42. The van der Waals surface area contributed by atoms with Crippen LogP contribution in [-0.4, -0.2) is 66.1 Å². The molecule has 5 heteroatoms. The van der Waals surface area contributed by atoms with Crippen LogP contribution in [0.15, 0.2) is 12.3 Å². The quantitative estimate of drug-likeness (QED) is 0.906. The number of carbonyl (C=O) groups excluding carboxylic acids is 1. The molecule has 126 valence electrons. The van der Waals surface area contributed by atoms with Crippen LogP contribution in [0.2, 0.25) is 0 Å². The number of likely N-dealkylation sites (N-methyl/N-ethyl adjacent to an activating group) is 1. The van der Waals surface area contributed by atoms with Gasteiger partial charge in [-0.05, 0) is 37.8 Å². The number of ether oxygens (including phenoxy) is 1. The van der Waals surface area contributed by atoms with Crippen molar-refractivity contribution in [2.75, 3.05) is 39.4 Å². The van der Waals surface area contributed by atoms with Gasteiger partial charge in [-0.15, -0.1) is 0 Å². The predicted molar refractivity (Wildman–Crippen MR) is 88.4 cm³/mol. The Hall–Kier alpha value is -1.33. The average Bonchev–Trinajstić information content (AvgIpc) is 3.26. The lowest BCUT2D eigenvalue weighted by atomic mass is 9.70. The molecule has 1 amide bonds. The second-order valence-corrected chi connectivity index (χ2v) is 7.45. The number of aromatic nitrogens is 1. The minimum absolute atomic E-state index is 0.183. The molecule has 1 aromatic heterocycles. The number of H-pyrrole nitrogens is 1. The summed E-state index contributed by atoms with van der Waals surface area (Å²) in [5.74, 6) is 0.844. The van der Waals surface area contributed by atoms with Crippen molar-refractivity contribution in [2.24, 2.45) is 11.3 Å². The Morgan fingerprint density at radius 2 is 2.17 bits per heavy atom. The summed E-state index contributed by atoms with van der Waals surface area (Å²) in [5, 5.41) is 0.